The van der Waals surface area contributed by atoms with Crippen molar-refractivity contribution in [1.82, 2.24) is 19.7 Å². The molecule has 0 saturated carbocycles. The van der Waals surface area contributed by atoms with Gasteiger partial charge in [0.15, 0.2) is 5.82 Å². The molecular formula is C20H20FN5OS. The van der Waals surface area contributed by atoms with Gasteiger partial charge in [0.1, 0.15) is 5.82 Å². The maximum atomic E-state index is 14.7. The number of aromatic nitrogens is 4. The van der Waals surface area contributed by atoms with E-state index in [2.05, 4.69) is 15.1 Å². The van der Waals surface area contributed by atoms with Crippen molar-refractivity contribution >= 4 is 24.4 Å². The highest BCUT2D eigenvalue weighted by molar-refractivity contribution is 7.59. The van der Waals surface area contributed by atoms with Crippen LogP contribution in [0.25, 0.3) is 28.0 Å². The van der Waals surface area contributed by atoms with Gasteiger partial charge in [-0.1, -0.05) is 12.1 Å². The smallest absolute Gasteiger partial charge is 0.154 e. The van der Waals surface area contributed by atoms with E-state index in [-0.39, 0.29) is 32.0 Å². The summed E-state index contributed by atoms with van der Waals surface area (Å²) in [6.07, 6.45) is 1.47. The normalized spacial score (nSPS) is 12.0. The highest BCUT2D eigenvalue weighted by Gasteiger charge is 2.14. The third-order valence-electron chi connectivity index (χ3n) is 4.34. The van der Waals surface area contributed by atoms with Gasteiger partial charge in [-0.15, -0.1) is 0 Å². The summed E-state index contributed by atoms with van der Waals surface area (Å²) in [4.78, 5) is 8.88. The molecule has 0 aliphatic rings. The molecule has 1 aromatic carbocycles. The molecule has 0 aliphatic carbocycles. The van der Waals surface area contributed by atoms with Crippen molar-refractivity contribution in [1.29, 1.82) is 0 Å². The summed E-state index contributed by atoms with van der Waals surface area (Å²) in [5.41, 5.74) is 8.99. The van der Waals surface area contributed by atoms with Crippen LogP contribution in [0.3, 0.4) is 0 Å². The molecule has 0 aliphatic heterocycles. The van der Waals surface area contributed by atoms with Crippen molar-refractivity contribution in [3.05, 3.63) is 71.9 Å². The molecule has 4 rings (SSSR count). The Kier molecular flexibility index (Phi) is 5.73. The fraction of sp³-hybridized carbons (Fsp3) is 0.150. The summed E-state index contributed by atoms with van der Waals surface area (Å²) in [7, 11) is 0. The minimum atomic E-state index is -0.389. The van der Waals surface area contributed by atoms with Gasteiger partial charge in [0.05, 0.1) is 40.8 Å². The standard InChI is InChI=1S/C20H18FN5O.H2S/c1-12(22)17-5-3-6-18(25-17)13-8-16(21)15-10-23-26(19(15)9-13)20-7-2-4-14(11-27)24-20;/h2-10,12,27H,11,22H2,1H3;1H2/t12-;/m0./s1. The fourth-order valence-electron chi connectivity index (χ4n) is 2.95. The number of nitrogens with two attached hydrogens (primary N) is 1. The number of rotatable bonds is 4. The van der Waals surface area contributed by atoms with Crippen molar-refractivity contribution in [2.75, 3.05) is 0 Å². The molecule has 0 fully saturated rings. The number of hydrogen-bond donors (Lipinski definition) is 2. The predicted molar refractivity (Wildman–Crippen MR) is 111 cm³/mol. The molecule has 0 radical (unpaired) electrons. The van der Waals surface area contributed by atoms with Gasteiger partial charge in [-0.25, -0.2) is 14.1 Å². The molecule has 0 amide bonds. The van der Waals surface area contributed by atoms with Crippen molar-refractivity contribution in [2.45, 2.75) is 19.6 Å². The second-order valence-electron chi connectivity index (χ2n) is 6.33. The van der Waals surface area contributed by atoms with Crippen LogP contribution in [0.15, 0.2) is 54.7 Å². The molecule has 6 nitrogen and oxygen atoms in total. The SMILES string of the molecule is C[C@H](N)c1cccc(-c2cc(F)c3cnn(-c4cccc(CO)n4)c3c2)n1.S. The molecule has 3 aromatic heterocycles. The highest BCUT2D eigenvalue weighted by atomic mass is 32.1. The summed E-state index contributed by atoms with van der Waals surface area (Å²) < 4.78 is 16.3. The van der Waals surface area contributed by atoms with Crippen molar-refractivity contribution in [2.24, 2.45) is 5.73 Å². The Labute approximate surface area is 168 Å². The van der Waals surface area contributed by atoms with E-state index in [1.54, 1.807) is 22.9 Å². The lowest BCUT2D eigenvalue weighted by Gasteiger charge is -2.09. The third kappa shape index (κ3) is 3.62. The van der Waals surface area contributed by atoms with E-state index in [1.165, 1.54) is 12.3 Å². The van der Waals surface area contributed by atoms with Gasteiger partial charge in [0.2, 0.25) is 0 Å². The van der Waals surface area contributed by atoms with E-state index in [4.69, 9.17) is 5.73 Å². The van der Waals surface area contributed by atoms with Gasteiger partial charge in [0, 0.05) is 11.6 Å². The molecular weight excluding hydrogens is 377 g/mol. The lowest BCUT2D eigenvalue weighted by Crippen LogP contribution is -2.07. The van der Waals surface area contributed by atoms with Gasteiger partial charge >= 0.3 is 0 Å². The fourth-order valence-corrected chi connectivity index (χ4v) is 2.95. The lowest BCUT2D eigenvalue weighted by molar-refractivity contribution is 0.276. The van der Waals surface area contributed by atoms with E-state index in [0.717, 1.165) is 5.69 Å². The molecule has 144 valence electrons. The molecule has 8 heteroatoms. The number of hydrogen-bond acceptors (Lipinski definition) is 5. The molecule has 28 heavy (non-hydrogen) atoms. The first kappa shape index (κ1) is 19.9. The van der Waals surface area contributed by atoms with Crippen molar-refractivity contribution in [3.8, 4) is 17.1 Å². The first-order valence-corrected chi connectivity index (χ1v) is 8.54. The van der Waals surface area contributed by atoms with Crippen LogP contribution in [0.4, 0.5) is 4.39 Å². The summed E-state index contributed by atoms with van der Waals surface area (Å²) in [5.74, 6) is 0.116. The Morgan fingerprint density at radius 1 is 1.14 bits per heavy atom. The Morgan fingerprint density at radius 2 is 1.93 bits per heavy atom. The molecule has 1 atom stereocenters. The number of nitrogens with zero attached hydrogens (tertiary/aromatic N) is 4. The van der Waals surface area contributed by atoms with E-state index < -0.39 is 0 Å². The summed E-state index contributed by atoms with van der Waals surface area (Å²) in [6.45, 7) is 1.67. The zero-order chi connectivity index (χ0) is 19.0. The van der Waals surface area contributed by atoms with Crippen molar-refractivity contribution < 1.29 is 9.50 Å². The van der Waals surface area contributed by atoms with Gasteiger partial charge in [0.25, 0.3) is 0 Å². The third-order valence-corrected chi connectivity index (χ3v) is 4.34. The quantitative estimate of drug-likeness (QED) is 0.552. The molecule has 0 bridgehead atoms. The summed E-state index contributed by atoms with van der Waals surface area (Å²) in [6, 6.07) is 13.8. The Balaban J connectivity index is 0.00000225. The van der Waals surface area contributed by atoms with Gasteiger partial charge in [-0.3, -0.25) is 4.98 Å². The van der Waals surface area contributed by atoms with Crippen LogP contribution >= 0.6 is 13.5 Å². The monoisotopic (exact) mass is 397 g/mol. The van der Waals surface area contributed by atoms with E-state index in [1.807, 2.05) is 31.2 Å². The van der Waals surface area contributed by atoms with Gasteiger partial charge in [-0.2, -0.15) is 18.6 Å². The van der Waals surface area contributed by atoms with Crippen LogP contribution in [0.2, 0.25) is 0 Å². The zero-order valence-corrected chi connectivity index (χ0v) is 16.2. The molecule has 0 unspecified atom stereocenters. The molecule has 0 saturated heterocycles. The minimum absolute atomic E-state index is 0. The summed E-state index contributed by atoms with van der Waals surface area (Å²) in [5, 5.41) is 14.0. The number of pyridine rings is 2. The van der Waals surface area contributed by atoms with Crippen LogP contribution < -0.4 is 5.73 Å². The highest BCUT2D eigenvalue weighted by Crippen LogP contribution is 2.28. The van der Waals surface area contributed by atoms with Crippen LogP contribution in [0.1, 0.15) is 24.4 Å². The largest absolute Gasteiger partial charge is 0.390 e. The zero-order valence-electron chi connectivity index (χ0n) is 15.2. The second kappa shape index (κ2) is 8.05. The van der Waals surface area contributed by atoms with Crippen LogP contribution in [-0.2, 0) is 6.61 Å². The number of fused-ring (bicyclic) bond motifs is 1. The van der Waals surface area contributed by atoms with Crippen LogP contribution in [0, 0.1) is 5.82 Å². The first-order chi connectivity index (χ1) is 13.1. The Hall–Kier alpha value is -2.81. The van der Waals surface area contributed by atoms with Gasteiger partial charge in [-0.05, 0) is 43.3 Å². The maximum Gasteiger partial charge on any atom is 0.154 e. The predicted octanol–water partition coefficient (Wildman–Crippen LogP) is 3.25. The van der Waals surface area contributed by atoms with Crippen LogP contribution in [0.5, 0.6) is 0 Å². The summed E-state index contributed by atoms with van der Waals surface area (Å²) >= 11 is 0. The topological polar surface area (TPSA) is 89.8 Å². The minimum Gasteiger partial charge on any atom is -0.390 e. The maximum absolute atomic E-state index is 14.7. The number of halogens is 1. The van der Waals surface area contributed by atoms with E-state index >= 15 is 0 Å². The van der Waals surface area contributed by atoms with Crippen LogP contribution in [-0.4, -0.2) is 24.9 Å². The molecule has 3 heterocycles. The van der Waals surface area contributed by atoms with Gasteiger partial charge < -0.3 is 10.8 Å². The number of aliphatic hydroxyl groups is 1. The lowest BCUT2D eigenvalue weighted by atomic mass is 10.1. The average molecular weight is 397 g/mol. The second-order valence-corrected chi connectivity index (χ2v) is 6.33. The Morgan fingerprint density at radius 3 is 2.68 bits per heavy atom. The first-order valence-electron chi connectivity index (χ1n) is 8.54. The Bertz CT molecular complexity index is 1130. The molecule has 3 N–H and O–H groups in total. The average Bonchev–Trinajstić information content (AvgIpc) is 3.12. The molecule has 0 spiro atoms. The number of benzene rings is 1. The van der Waals surface area contributed by atoms with E-state index in [9.17, 15) is 9.50 Å². The molecule has 4 aromatic rings. The number of aliphatic hydroxyl groups excluding tert-OH is 1. The van der Waals surface area contributed by atoms with Crippen molar-refractivity contribution in [3.63, 3.8) is 0 Å². The van der Waals surface area contributed by atoms with E-state index in [0.29, 0.717) is 33.7 Å².